The molecule has 0 aromatic carbocycles. The number of nitrogens with one attached hydrogen (secondary N) is 1. The van der Waals surface area contributed by atoms with Crippen LogP contribution in [-0.2, 0) is 0 Å². The normalized spacial score (nSPS) is 25.2. The number of hydrogen-bond donors (Lipinski definition) is 1. The van der Waals surface area contributed by atoms with E-state index in [0.29, 0.717) is 11.5 Å². The first kappa shape index (κ1) is 11.9. The molecule has 1 atom stereocenters. The minimum Gasteiger partial charge on any atom is -0.312 e. The van der Waals surface area contributed by atoms with Gasteiger partial charge in [0.25, 0.3) is 0 Å². The zero-order chi connectivity index (χ0) is 11.4. The molecule has 1 unspecified atom stereocenters. The maximum atomic E-state index is 8.75. The summed E-state index contributed by atoms with van der Waals surface area (Å²) in [7, 11) is 0. The smallest absolute Gasteiger partial charge is 0.0628 e. The van der Waals surface area contributed by atoms with Crippen LogP contribution in [-0.4, -0.2) is 37.1 Å². The van der Waals surface area contributed by atoms with Gasteiger partial charge in [-0.2, -0.15) is 5.26 Å². The van der Waals surface area contributed by atoms with Crippen molar-refractivity contribution in [1.82, 2.24) is 10.2 Å². The first-order valence-corrected chi connectivity index (χ1v) is 6.57. The highest BCUT2D eigenvalue weighted by Crippen LogP contribution is 2.47. The van der Waals surface area contributed by atoms with Gasteiger partial charge >= 0.3 is 0 Å². The molecular formula is C13H23N3. The lowest BCUT2D eigenvalue weighted by atomic mass is 10.0. The summed E-state index contributed by atoms with van der Waals surface area (Å²) in [6, 6.07) is 2.88. The average molecular weight is 221 g/mol. The van der Waals surface area contributed by atoms with Gasteiger partial charge in [-0.1, -0.05) is 0 Å². The molecule has 1 aliphatic carbocycles. The Morgan fingerprint density at radius 3 is 2.62 bits per heavy atom. The van der Waals surface area contributed by atoms with Crippen LogP contribution in [0.2, 0.25) is 0 Å². The first-order chi connectivity index (χ1) is 7.74. The quantitative estimate of drug-likeness (QED) is 0.743. The Bertz CT molecular complexity index is 259. The third kappa shape index (κ3) is 3.20. The van der Waals surface area contributed by atoms with Crippen LogP contribution in [0.1, 0.15) is 39.0 Å². The van der Waals surface area contributed by atoms with Crippen LogP contribution in [0.15, 0.2) is 0 Å². The molecule has 1 saturated carbocycles. The van der Waals surface area contributed by atoms with Crippen molar-refractivity contribution in [2.75, 3.05) is 26.2 Å². The van der Waals surface area contributed by atoms with Crippen molar-refractivity contribution in [3.8, 4) is 6.07 Å². The Hall–Kier alpha value is -0.590. The zero-order valence-corrected chi connectivity index (χ0v) is 10.3. The lowest BCUT2D eigenvalue weighted by Crippen LogP contribution is -2.40. The molecule has 3 heteroatoms. The summed E-state index contributed by atoms with van der Waals surface area (Å²) in [4.78, 5) is 2.54. The molecule has 90 valence electrons. The maximum Gasteiger partial charge on any atom is 0.0628 e. The summed E-state index contributed by atoms with van der Waals surface area (Å²) < 4.78 is 0. The van der Waals surface area contributed by atoms with Crippen LogP contribution in [0.3, 0.4) is 0 Å². The van der Waals surface area contributed by atoms with Gasteiger partial charge < -0.3 is 10.2 Å². The lowest BCUT2D eigenvalue weighted by Gasteiger charge is -2.23. The molecule has 0 aromatic heterocycles. The van der Waals surface area contributed by atoms with Crippen molar-refractivity contribution < 1.29 is 0 Å². The SMILES string of the molecule is CC(CN1CCCC1)NCC1(CC#N)CC1. The fourth-order valence-electron chi connectivity index (χ4n) is 2.57. The largest absolute Gasteiger partial charge is 0.312 e. The number of hydrogen-bond acceptors (Lipinski definition) is 3. The lowest BCUT2D eigenvalue weighted by molar-refractivity contribution is 0.289. The van der Waals surface area contributed by atoms with Gasteiger partial charge in [0, 0.05) is 25.6 Å². The fraction of sp³-hybridized carbons (Fsp3) is 0.923. The van der Waals surface area contributed by atoms with Gasteiger partial charge in [0.2, 0.25) is 0 Å². The highest BCUT2D eigenvalue weighted by atomic mass is 15.2. The Morgan fingerprint density at radius 2 is 2.06 bits per heavy atom. The molecule has 2 aliphatic rings. The van der Waals surface area contributed by atoms with Crippen molar-refractivity contribution in [2.45, 2.75) is 45.1 Å². The Labute approximate surface area is 98.8 Å². The number of rotatable bonds is 6. The van der Waals surface area contributed by atoms with E-state index in [-0.39, 0.29) is 0 Å². The predicted octanol–water partition coefficient (Wildman–Crippen LogP) is 1.75. The molecular weight excluding hydrogens is 198 g/mol. The van der Waals surface area contributed by atoms with E-state index in [2.05, 4.69) is 23.2 Å². The molecule has 2 rings (SSSR count). The third-order valence-electron chi connectivity index (χ3n) is 3.97. The van der Waals surface area contributed by atoms with Crippen LogP contribution < -0.4 is 5.32 Å². The first-order valence-electron chi connectivity index (χ1n) is 6.57. The predicted molar refractivity (Wildman–Crippen MR) is 65.0 cm³/mol. The van der Waals surface area contributed by atoms with E-state index in [0.717, 1.165) is 13.0 Å². The van der Waals surface area contributed by atoms with E-state index in [9.17, 15) is 0 Å². The van der Waals surface area contributed by atoms with Crippen molar-refractivity contribution in [3.05, 3.63) is 0 Å². The van der Waals surface area contributed by atoms with Gasteiger partial charge in [-0.05, 0) is 51.1 Å². The van der Waals surface area contributed by atoms with Gasteiger partial charge in [0.05, 0.1) is 6.07 Å². The van der Waals surface area contributed by atoms with Crippen LogP contribution in [0.5, 0.6) is 0 Å². The summed E-state index contributed by atoms with van der Waals surface area (Å²) >= 11 is 0. The molecule has 1 saturated heterocycles. The van der Waals surface area contributed by atoms with Crippen molar-refractivity contribution in [3.63, 3.8) is 0 Å². The average Bonchev–Trinajstić information content (AvgIpc) is 2.83. The topological polar surface area (TPSA) is 39.1 Å². The van der Waals surface area contributed by atoms with Gasteiger partial charge in [0.1, 0.15) is 0 Å². The Balaban J connectivity index is 1.64. The zero-order valence-electron chi connectivity index (χ0n) is 10.3. The van der Waals surface area contributed by atoms with Crippen LogP contribution >= 0.6 is 0 Å². The second kappa shape index (κ2) is 5.16. The second-order valence-electron chi connectivity index (χ2n) is 5.62. The highest BCUT2D eigenvalue weighted by Gasteiger charge is 2.42. The fourth-order valence-corrected chi connectivity index (χ4v) is 2.57. The molecule has 0 spiro atoms. The molecule has 1 N–H and O–H groups in total. The summed E-state index contributed by atoms with van der Waals surface area (Å²) in [5.41, 5.74) is 0.341. The molecule has 0 radical (unpaired) electrons. The van der Waals surface area contributed by atoms with Crippen molar-refractivity contribution >= 4 is 0 Å². The van der Waals surface area contributed by atoms with Gasteiger partial charge in [0.15, 0.2) is 0 Å². The van der Waals surface area contributed by atoms with E-state index in [4.69, 9.17) is 5.26 Å². The van der Waals surface area contributed by atoms with Crippen molar-refractivity contribution in [2.24, 2.45) is 5.41 Å². The molecule has 3 nitrogen and oxygen atoms in total. The molecule has 1 aliphatic heterocycles. The summed E-state index contributed by atoms with van der Waals surface area (Å²) in [5, 5.41) is 12.4. The van der Waals surface area contributed by atoms with Crippen LogP contribution in [0.4, 0.5) is 0 Å². The summed E-state index contributed by atoms with van der Waals surface area (Å²) in [6.07, 6.45) is 5.95. The maximum absolute atomic E-state index is 8.75. The van der Waals surface area contributed by atoms with Crippen molar-refractivity contribution in [1.29, 1.82) is 5.26 Å². The second-order valence-corrected chi connectivity index (χ2v) is 5.62. The molecule has 0 aromatic rings. The Kier molecular flexibility index (Phi) is 3.83. The monoisotopic (exact) mass is 221 g/mol. The third-order valence-corrected chi connectivity index (χ3v) is 3.97. The standard InChI is InChI=1S/C13H23N3/c1-12(10-16-8-2-3-9-16)15-11-13(4-5-13)6-7-14/h12,15H,2-6,8-11H2,1H3. The summed E-state index contributed by atoms with van der Waals surface area (Å²) in [5.74, 6) is 0. The minimum atomic E-state index is 0.341. The number of nitriles is 1. The highest BCUT2D eigenvalue weighted by molar-refractivity contribution is 5.01. The van der Waals surface area contributed by atoms with Crippen LogP contribution in [0.25, 0.3) is 0 Å². The van der Waals surface area contributed by atoms with E-state index in [1.807, 2.05) is 0 Å². The van der Waals surface area contributed by atoms with Gasteiger partial charge in [-0.15, -0.1) is 0 Å². The van der Waals surface area contributed by atoms with Gasteiger partial charge in [-0.25, -0.2) is 0 Å². The van der Waals surface area contributed by atoms with Crippen LogP contribution in [0, 0.1) is 16.7 Å². The minimum absolute atomic E-state index is 0.341. The molecule has 0 amide bonds. The van der Waals surface area contributed by atoms with E-state index < -0.39 is 0 Å². The van der Waals surface area contributed by atoms with E-state index >= 15 is 0 Å². The molecule has 2 fully saturated rings. The Morgan fingerprint density at radius 1 is 1.38 bits per heavy atom. The summed E-state index contributed by atoms with van der Waals surface area (Å²) in [6.45, 7) is 7.02. The van der Waals surface area contributed by atoms with E-state index in [1.54, 1.807) is 0 Å². The number of likely N-dealkylation sites (tertiary alicyclic amines) is 1. The molecule has 0 bridgehead atoms. The molecule has 1 heterocycles. The molecule has 16 heavy (non-hydrogen) atoms. The van der Waals surface area contributed by atoms with Gasteiger partial charge in [-0.3, -0.25) is 0 Å². The van der Waals surface area contributed by atoms with E-state index in [1.165, 1.54) is 45.3 Å². The number of nitrogens with zero attached hydrogens (tertiary/aromatic N) is 2.